The topological polar surface area (TPSA) is 91.7 Å². The van der Waals surface area contributed by atoms with Gasteiger partial charge in [-0.1, -0.05) is 18.2 Å². The van der Waals surface area contributed by atoms with Gasteiger partial charge in [-0.2, -0.15) is 0 Å². The molecule has 0 spiro atoms. The van der Waals surface area contributed by atoms with Crippen LogP contribution in [0.3, 0.4) is 0 Å². The van der Waals surface area contributed by atoms with Crippen LogP contribution in [0.5, 0.6) is 0 Å². The predicted octanol–water partition coefficient (Wildman–Crippen LogP) is 0.420. The fraction of sp³-hybridized carbons (Fsp3) is 0.300. The van der Waals surface area contributed by atoms with Gasteiger partial charge in [0.25, 0.3) is 0 Å². The first kappa shape index (κ1) is 12.7. The SMILES string of the molecule is O=C(O)c1ccccc1C(CCO)[SH](=O)=O. The number of aliphatic hydroxyl groups is 1. The fourth-order valence-corrected chi connectivity index (χ4v) is 2.26. The van der Waals surface area contributed by atoms with Gasteiger partial charge in [0.1, 0.15) is 10.7 Å². The lowest BCUT2D eigenvalue weighted by Gasteiger charge is -2.11. The average Bonchev–Trinajstić information content (AvgIpc) is 2.25. The quantitative estimate of drug-likeness (QED) is 0.653. The van der Waals surface area contributed by atoms with Crippen molar-refractivity contribution >= 4 is 16.7 Å². The Kier molecular flexibility index (Phi) is 4.45. The summed E-state index contributed by atoms with van der Waals surface area (Å²) >= 11 is 0. The van der Waals surface area contributed by atoms with E-state index in [1.165, 1.54) is 18.2 Å². The molecule has 1 rings (SSSR count). The number of carboxylic acids is 1. The van der Waals surface area contributed by atoms with E-state index in [0.717, 1.165) is 0 Å². The minimum atomic E-state index is -2.81. The van der Waals surface area contributed by atoms with Gasteiger partial charge in [0.2, 0.25) is 0 Å². The number of benzene rings is 1. The number of carbonyl (C=O) groups is 1. The lowest BCUT2D eigenvalue weighted by Crippen LogP contribution is -2.10. The fourth-order valence-electron chi connectivity index (χ4n) is 1.48. The van der Waals surface area contributed by atoms with Crippen molar-refractivity contribution in [3.8, 4) is 0 Å². The maximum atomic E-state index is 11.0. The lowest BCUT2D eigenvalue weighted by molar-refractivity contribution is 0.0695. The van der Waals surface area contributed by atoms with Crippen molar-refractivity contribution in [2.75, 3.05) is 6.61 Å². The Morgan fingerprint density at radius 1 is 1.31 bits per heavy atom. The zero-order valence-electron chi connectivity index (χ0n) is 8.37. The van der Waals surface area contributed by atoms with Crippen LogP contribution in [0.1, 0.15) is 27.6 Å². The first-order chi connectivity index (χ1) is 7.57. The van der Waals surface area contributed by atoms with Gasteiger partial charge in [-0.25, -0.2) is 13.2 Å². The third kappa shape index (κ3) is 2.80. The molecule has 1 unspecified atom stereocenters. The van der Waals surface area contributed by atoms with Crippen molar-refractivity contribution in [2.45, 2.75) is 11.7 Å². The highest BCUT2D eigenvalue weighted by Gasteiger charge is 2.20. The van der Waals surface area contributed by atoms with Crippen molar-refractivity contribution in [3.63, 3.8) is 0 Å². The predicted molar refractivity (Wildman–Crippen MR) is 58.2 cm³/mol. The van der Waals surface area contributed by atoms with Crippen LogP contribution in [0, 0.1) is 0 Å². The van der Waals surface area contributed by atoms with Gasteiger partial charge in [0.05, 0.1) is 10.8 Å². The summed E-state index contributed by atoms with van der Waals surface area (Å²) < 4.78 is 22.0. The van der Waals surface area contributed by atoms with E-state index >= 15 is 0 Å². The lowest BCUT2D eigenvalue weighted by atomic mass is 10.0. The van der Waals surface area contributed by atoms with Gasteiger partial charge < -0.3 is 10.2 Å². The molecule has 0 aliphatic heterocycles. The second-order valence-electron chi connectivity index (χ2n) is 3.21. The van der Waals surface area contributed by atoms with E-state index in [1.54, 1.807) is 6.07 Å². The van der Waals surface area contributed by atoms with Gasteiger partial charge in [0, 0.05) is 6.61 Å². The number of rotatable bonds is 5. The number of thiol groups is 1. The normalized spacial score (nSPS) is 12.6. The molecule has 0 saturated carbocycles. The van der Waals surface area contributed by atoms with E-state index < -0.39 is 21.9 Å². The van der Waals surface area contributed by atoms with Crippen LogP contribution in [0.25, 0.3) is 0 Å². The Balaban J connectivity index is 3.23. The Morgan fingerprint density at radius 3 is 2.44 bits per heavy atom. The molecule has 0 radical (unpaired) electrons. The monoisotopic (exact) mass is 244 g/mol. The molecule has 0 fully saturated rings. The molecule has 6 heteroatoms. The summed E-state index contributed by atoms with van der Waals surface area (Å²) in [5.74, 6) is -1.17. The minimum absolute atomic E-state index is 0.00297. The molecule has 1 aromatic carbocycles. The number of aliphatic hydroxyl groups excluding tert-OH is 1. The third-order valence-electron chi connectivity index (χ3n) is 2.21. The highest BCUT2D eigenvalue weighted by atomic mass is 32.2. The van der Waals surface area contributed by atoms with E-state index in [1.807, 2.05) is 0 Å². The Hall–Kier alpha value is -1.40. The van der Waals surface area contributed by atoms with E-state index in [4.69, 9.17) is 10.2 Å². The van der Waals surface area contributed by atoms with E-state index in [2.05, 4.69) is 0 Å². The van der Waals surface area contributed by atoms with Crippen molar-refractivity contribution in [3.05, 3.63) is 35.4 Å². The van der Waals surface area contributed by atoms with E-state index in [-0.39, 0.29) is 24.2 Å². The van der Waals surface area contributed by atoms with Crippen LogP contribution < -0.4 is 0 Å². The van der Waals surface area contributed by atoms with Crippen molar-refractivity contribution in [1.82, 2.24) is 0 Å². The molecule has 5 nitrogen and oxygen atoms in total. The van der Waals surface area contributed by atoms with Crippen LogP contribution in [0.15, 0.2) is 24.3 Å². The summed E-state index contributed by atoms with van der Waals surface area (Å²) in [6.45, 7) is -0.304. The molecule has 0 saturated heterocycles. The first-order valence-electron chi connectivity index (χ1n) is 4.64. The van der Waals surface area contributed by atoms with E-state index in [9.17, 15) is 13.2 Å². The van der Waals surface area contributed by atoms with Gasteiger partial charge >= 0.3 is 5.97 Å². The van der Waals surface area contributed by atoms with Crippen molar-refractivity contribution in [2.24, 2.45) is 0 Å². The summed E-state index contributed by atoms with van der Waals surface area (Å²) in [5.41, 5.74) is 0.181. The van der Waals surface area contributed by atoms with Crippen LogP contribution in [0.2, 0.25) is 0 Å². The number of aromatic carboxylic acids is 1. The Labute approximate surface area is 94.3 Å². The van der Waals surface area contributed by atoms with Gasteiger partial charge in [-0.15, -0.1) is 0 Å². The zero-order chi connectivity index (χ0) is 12.1. The molecular weight excluding hydrogens is 232 g/mol. The van der Waals surface area contributed by atoms with Crippen molar-refractivity contribution < 1.29 is 23.4 Å². The molecule has 2 N–H and O–H groups in total. The zero-order valence-corrected chi connectivity index (χ0v) is 9.26. The number of hydrogen-bond donors (Lipinski definition) is 3. The maximum absolute atomic E-state index is 11.0. The summed E-state index contributed by atoms with van der Waals surface area (Å²) in [5, 5.41) is 16.7. The summed E-state index contributed by atoms with van der Waals surface area (Å²) in [6.07, 6.45) is 0.00297. The van der Waals surface area contributed by atoms with Gasteiger partial charge in [0.15, 0.2) is 0 Å². The van der Waals surface area contributed by atoms with Crippen LogP contribution in [-0.4, -0.2) is 31.2 Å². The molecule has 0 heterocycles. The maximum Gasteiger partial charge on any atom is 0.336 e. The molecule has 0 bridgehead atoms. The number of hydrogen-bond acceptors (Lipinski definition) is 4. The van der Waals surface area contributed by atoms with Crippen LogP contribution in [-0.2, 0) is 10.7 Å². The molecule has 16 heavy (non-hydrogen) atoms. The highest BCUT2D eigenvalue weighted by molar-refractivity contribution is 7.72. The van der Waals surface area contributed by atoms with Crippen LogP contribution >= 0.6 is 0 Å². The molecule has 0 amide bonds. The number of carboxylic acid groups (broad SMARTS) is 1. The second kappa shape index (κ2) is 5.62. The average molecular weight is 244 g/mol. The van der Waals surface area contributed by atoms with Crippen molar-refractivity contribution in [1.29, 1.82) is 0 Å². The molecule has 1 aromatic rings. The minimum Gasteiger partial charge on any atom is -0.478 e. The highest BCUT2D eigenvalue weighted by Crippen LogP contribution is 2.24. The molecular formula is C10H12O5S. The molecule has 0 aliphatic rings. The largest absolute Gasteiger partial charge is 0.478 e. The third-order valence-corrected chi connectivity index (χ3v) is 3.25. The van der Waals surface area contributed by atoms with Crippen LogP contribution in [0.4, 0.5) is 0 Å². The smallest absolute Gasteiger partial charge is 0.336 e. The Bertz CT molecular complexity index is 444. The first-order valence-corrected chi connectivity index (χ1v) is 5.89. The molecule has 1 atom stereocenters. The van der Waals surface area contributed by atoms with E-state index in [0.29, 0.717) is 0 Å². The second-order valence-corrected chi connectivity index (χ2v) is 4.40. The van der Waals surface area contributed by atoms with Gasteiger partial charge in [-0.05, 0) is 18.1 Å². The standard InChI is InChI=1S/C10H12O5S/c11-6-5-9(16(14)15)7-3-1-2-4-8(7)10(12)13/h1-4,9,11,16H,5-6H2,(H,12,13). The molecule has 88 valence electrons. The molecule has 0 aromatic heterocycles. The summed E-state index contributed by atoms with van der Waals surface area (Å²) in [6, 6.07) is 5.90. The molecule has 0 aliphatic carbocycles. The summed E-state index contributed by atoms with van der Waals surface area (Å²) in [4.78, 5) is 10.9. The van der Waals surface area contributed by atoms with Gasteiger partial charge in [-0.3, -0.25) is 0 Å². The summed E-state index contributed by atoms with van der Waals surface area (Å²) in [7, 11) is -2.81. The Morgan fingerprint density at radius 2 is 1.94 bits per heavy atom.